The highest BCUT2D eigenvalue weighted by Crippen LogP contribution is 2.21. The minimum atomic E-state index is -3.90. The van der Waals surface area contributed by atoms with Gasteiger partial charge in [-0.3, -0.25) is 4.79 Å². The number of carbonyl (C=O) groups is 1. The van der Waals surface area contributed by atoms with Crippen LogP contribution in [-0.4, -0.2) is 37.8 Å². The molecule has 2 rings (SSSR count). The van der Waals surface area contributed by atoms with Gasteiger partial charge in [-0.2, -0.15) is 4.31 Å². The number of benzene rings is 1. The Morgan fingerprint density at radius 3 is 2.39 bits per heavy atom. The molecule has 0 aliphatic heterocycles. The number of amides is 1. The van der Waals surface area contributed by atoms with Gasteiger partial charge in [-0.25, -0.2) is 8.42 Å². The van der Waals surface area contributed by atoms with E-state index < -0.39 is 10.0 Å². The quantitative estimate of drug-likeness (QED) is 0.653. The molecule has 0 bridgehead atoms. The molecule has 1 aromatic heterocycles. The maximum Gasteiger partial charge on any atom is 0.243 e. The molecule has 0 radical (unpaired) electrons. The van der Waals surface area contributed by atoms with E-state index >= 15 is 0 Å². The Morgan fingerprint density at radius 2 is 1.86 bits per heavy atom. The van der Waals surface area contributed by atoms with Crippen LogP contribution in [0.5, 0.6) is 5.75 Å². The highest BCUT2D eigenvalue weighted by molar-refractivity contribution is 7.89. The Kier molecular flexibility index (Phi) is 7.65. The fraction of sp³-hybridized carbons (Fsp3) is 0.450. The van der Waals surface area contributed by atoms with Gasteiger partial charge < -0.3 is 14.5 Å². The number of hydrogen-bond donors (Lipinski definition) is 1. The van der Waals surface area contributed by atoms with Gasteiger partial charge in [0, 0.05) is 6.04 Å². The fourth-order valence-corrected chi connectivity index (χ4v) is 3.81. The molecule has 1 atom stereocenters. The molecule has 1 N–H and O–H groups in total. The first-order valence-corrected chi connectivity index (χ1v) is 10.7. The molecule has 0 spiro atoms. The zero-order valence-corrected chi connectivity index (χ0v) is 17.5. The lowest BCUT2D eigenvalue weighted by Crippen LogP contribution is -2.44. The first-order valence-electron chi connectivity index (χ1n) is 9.28. The van der Waals surface area contributed by atoms with E-state index in [-0.39, 0.29) is 35.9 Å². The average Bonchev–Trinajstić information content (AvgIpc) is 3.15. The van der Waals surface area contributed by atoms with Crippen molar-refractivity contribution in [2.24, 2.45) is 5.92 Å². The number of nitrogens with zero attached hydrogens (tertiary/aromatic N) is 1. The molecular formula is C20H28N2O5S. The molecular weight excluding hydrogens is 380 g/mol. The van der Waals surface area contributed by atoms with Crippen molar-refractivity contribution in [3.63, 3.8) is 0 Å². The Balaban J connectivity index is 2.24. The van der Waals surface area contributed by atoms with Crippen LogP contribution in [0.15, 0.2) is 52.0 Å². The van der Waals surface area contributed by atoms with Gasteiger partial charge in [0.25, 0.3) is 0 Å². The molecule has 2 aromatic rings. The number of hydrogen-bond acceptors (Lipinski definition) is 5. The summed E-state index contributed by atoms with van der Waals surface area (Å²) in [5.41, 5.74) is 0. The van der Waals surface area contributed by atoms with Crippen molar-refractivity contribution >= 4 is 15.9 Å². The third-order valence-electron chi connectivity index (χ3n) is 4.39. The zero-order valence-electron chi connectivity index (χ0n) is 16.7. The highest BCUT2D eigenvalue weighted by Gasteiger charge is 2.28. The predicted molar refractivity (Wildman–Crippen MR) is 106 cm³/mol. The first kappa shape index (κ1) is 22.0. The lowest BCUT2D eigenvalue weighted by atomic mass is 10.1. The van der Waals surface area contributed by atoms with Crippen molar-refractivity contribution in [1.29, 1.82) is 0 Å². The van der Waals surface area contributed by atoms with Crippen molar-refractivity contribution in [3.05, 3.63) is 48.4 Å². The standard InChI is InChI=1S/C20H28N2O5S/c1-5-26-17-8-10-19(11-9-17)28(24,25)22(13-18-7-6-12-27-18)14-20(23)21-16(4)15(2)3/h6-12,15-16H,5,13-14H2,1-4H3,(H,21,23). The normalized spacial score (nSPS) is 12.9. The van der Waals surface area contributed by atoms with Gasteiger partial charge in [-0.1, -0.05) is 13.8 Å². The topological polar surface area (TPSA) is 88.9 Å². The molecule has 0 aliphatic rings. The van der Waals surface area contributed by atoms with E-state index in [1.165, 1.54) is 18.4 Å². The lowest BCUT2D eigenvalue weighted by molar-refractivity contribution is -0.122. The molecule has 154 valence electrons. The molecule has 0 fully saturated rings. The summed E-state index contributed by atoms with van der Waals surface area (Å²) in [6.45, 7) is 7.88. The predicted octanol–water partition coefficient (Wildman–Crippen LogP) is 3.03. The van der Waals surface area contributed by atoms with Crippen LogP contribution in [0, 0.1) is 5.92 Å². The molecule has 1 unspecified atom stereocenters. The van der Waals surface area contributed by atoms with Crippen molar-refractivity contribution < 1.29 is 22.4 Å². The second kappa shape index (κ2) is 9.75. The van der Waals surface area contributed by atoms with Crippen LogP contribution < -0.4 is 10.1 Å². The van der Waals surface area contributed by atoms with Crippen LogP contribution >= 0.6 is 0 Å². The second-order valence-electron chi connectivity index (χ2n) is 6.86. The molecule has 7 nitrogen and oxygen atoms in total. The van der Waals surface area contributed by atoms with Gasteiger partial charge in [-0.05, 0) is 56.2 Å². The maximum atomic E-state index is 13.1. The Morgan fingerprint density at radius 1 is 1.18 bits per heavy atom. The van der Waals surface area contributed by atoms with E-state index in [0.717, 1.165) is 4.31 Å². The summed E-state index contributed by atoms with van der Waals surface area (Å²) < 4.78 is 38.1. The third kappa shape index (κ3) is 5.84. The molecule has 1 amide bonds. The minimum absolute atomic E-state index is 0.0357. The van der Waals surface area contributed by atoms with Crippen LogP contribution in [0.4, 0.5) is 0 Å². The van der Waals surface area contributed by atoms with Gasteiger partial charge in [0.1, 0.15) is 11.5 Å². The van der Waals surface area contributed by atoms with Crippen molar-refractivity contribution in [2.75, 3.05) is 13.2 Å². The van der Waals surface area contributed by atoms with Crippen molar-refractivity contribution in [2.45, 2.75) is 45.2 Å². The number of rotatable bonds is 10. The number of carbonyl (C=O) groups excluding carboxylic acids is 1. The summed E-state index contributed by atoms with van der Waals surface area (Å²) in [4.78, 5) is 12.5. The molecule has 28 heavy (non-hydrogen) atoms. The smallest absolute Gasteiger partial charge is 0.243 e. The summed E-state index contributed by atoms with van der Waals surface area (Å²) in [6.07, 6.45) is 1.47. The number of sulfonamides is 1. The fourth-order valence-electron chi connectivity index (χ4n) is 2.45. The van der Waals surface area contributed by atoms with E-state index in [1.54, 1.807) is 24.3 Å². The minimum Gasteiger partial charge on any atom is -0.494 e. The van der Waals surface area contributed by atoms with Crippen molar-refractivity contribution in [1.82, 2.24) is 9.62 Å². The Bertz CT molecular complexity index is 845. The van der Waals surface area contributed by atoms with Gasteiger partial charge in [0.05, 0.1) is 30.9 Å². The maximum absolute atomic E-state index is 13.1. The number of ether oxygens (including phenoxy) is 1. The van der Waals surface area contributed by atoms with Crippen LogP contribution in [0.2, 0.25) is 0 Å². The monoisotopic (exact) mass is 408 g/mol. The van der Waals surface area contributed by atoms with Gasteiger partial charge in [-0.15, -0.1) is 0 Å². The zero-order chi connectivity index (χ0) is 20.7. The Hall–Kier alpha value is -2.32. The number of furan rings is 1. The largest absolute Gasteiger partial charge is 0.494 e. The van der Waals surface area contributed by atoms with E-state index in [0.29, 0.717) is 18.1 Å². The summed E-state index contributed by atoms with van der Waals surface area (Å²) in [6, 6.07) is 9.44. The van der Waals surface area contributed by atoms with Crippen LogP contribution in [-0.2, 0) is 21.4 Å². The molecule has 0 saturated carbocycles. The summed E-state index contributed by atoms with van der Waals surface area (Å²) in [5, 5.41) is 2.84. The number of nitrogens with one attached hydrogen (secondary N) is 1. The van der Waals surface area contributed by atoms with E-state index in [9.17, 15) is 13.2 Å². The average molecular weight is 409 g/mol. The molecule has 0 saturated heterocycles. The van der Waals surface area contributed by atoms with Gasteiger partial charge in [0.2, 0.25) is 15.9 Å². The van der Waals surface area contributed by atoms with Crippen LogP contribution in [0.1, 0.15) is 33.5 Å². The second-order valence-corrected chi connectivity index (χ2v) is 8.80. The van der Waals surface area contributed by atoms with E-state index in [2.05, 4.69) is 5.32 Å². The molecule has 1 aromatic carbocycles. The van der Waals surface area contributed by atoms with Gasteiger partial charge >= 0.3 is 0 Å². The third-order valence-corrected chi connectivity index (χ3v) is 6.20. The summed E-state index contributed by atoms with van der Waals surface area (Å²) in [5.74, 6) is 0.925. The van der Waals surface area contributed by atoms with Crippen LogP contribution in [0.3, 0.4) is 0 Å². The van der Waals surface area contributed by atoms with Crippen LogP contribution in [0.25, 0.3) is 0 Å². The van der Waals surface area contributed by atoms with E-state index in [4.69, 9.17) is 9.15 Å². The summed E-state index contributed by atoms with van der Waals surface area (Å²) >= 11 is 0. The molecule has 0 aliphatic carbocycles. The van der Waals surface area contributed by atoms with Crippen molar-refractivity contribution in [3.8, 4) is 5.75 Å². The summed E-state index contributed by atoms with van der Waals surface area (Å²) in [7, 11) is -3.90. The SMILES string of the molecule is CCOc1ccc(S(=O)(=O)N(CC(=O)NC(C)C(C)C)Cc2ccco2)cc1. The van der Waals surface area contributed by atoms with Gasteiger partial charge in [0.15, 0.2) is 0 Å². The Labute approximate surface area is 166 Å². The molecule has 1 heterocycles. The first-order chi connectivity index (χ1) is 13.2. The van der Waals surface area contributed by atoms with E-state index in [1.807, 2.05) is 27.7 Å². The lowest BCUT2D eigenvalue weighted by Gasteiger charge is -2.23. The molecule has 8 heteroatoms. The highest BCUT2D eigenvalue weighted by atomic mass is 32.2.